The number of alkyl carbamates (subject to hydrolysis) is 1. The van der Waals surface area contributed by atoms with Crippen LogP contribution < -0.4 is 10.6 Å². The standard InChI is InChI=1S/C25H23N3O6/c29-23(26-11-21-22(24(30)31)28-13-34-21)19-9-14(19)10-27-25(32)33-12-20-17-7-3-1-5-15(17)16-6-2-4-8-18(16)20/h1-8,13-14,19-20H,9-12H2,(H,26,29)(H,27,32)(H,30,31)/t14-,19-/m1/s1. The lowest BCUT2D eigenvalue weighted by atomic mass is 9.98. The van der Waals surface area contributed by atoms with E-state index in [-0.39, 0.29) is 48.3 Å². The fourth-order valence-corrected chi connectivity index (χ4v) is 4.53. The van der Waals surface area contributed by atoms with Crippen LogP contribution in [0.1, 0.15) is 39.7 Å². The zero-order valence-corrected chi connectivity index (χ0v) is 18.2. The Morgan fingerprint density at radius 2 is 1.71 bits per heavy atom. The summed E-state index contributed by atoms with van der Waals surface area (Å²) in [7, 11) is 0. The zero-order chi connectivity index (χ0) is 23.7. The van der Waals surface area contributed by atoms with Crippen LogP contribution in [0.3, 0.4) is 0 Å². The van der Waals surface area contributed by atoms with Crippen LogP contribution >= 0.6 is 0 Å². The molecule has 3 N–H and O–H groups in total. The van der Waals surface area contributed by atoms with Gasteiger partial charge in [0, 0.05) is 18.4 Å². The highest BCUT2D eigenvalue weighted by Gasteiger charge is 2.43. The van der Waals surface area contributed by atoms with Crippen molar-refractivity contribution < 1.29 is 28.6 Å². The molecule has 2 aliphatic carbocycles. The lowest BCUT2D eigenvalue weighted by molar-refractivity contribution is -0.122. The van der Waals surface area contributed by atoms with Crippen molar-refractivity contribution in [2.45, 2.75) is 18.9 Å². The van der Waals surface area contributed by atoms with Gasteiger partial charge in [0.2, 0.25) is 5.91 Å². The van der Waals surface area contributed by atoms with Crippen LogP contribution in [0.4, 0.5) is 4.79 Å². The summed E-state index contributed by atoms with van der Waals surface area (Å²) in [5.74, 6) is -1.58. The summed E-state index contributed by atoms with van der Waals surface area (Å²) in [6, 6.07) is 16.3. The Morgan fingerprint density at radius 3 is 2.38 bits per heavy atom. The first kappa shape index (κ1) is 21.7. The second-order valence-corrected chi connectivity index (χ2v) is 8.46. The van der Waals surface area contributed by atoms with Gasteiger partial charge in [-0.05, 0) is 34.6 Å². The minimum atomic E-state index is -1.21. The number of aromatic nitrogens is 1. The van der Waals surface area contributed by atoms with E-state index in [4.69, 9.17) is 14.3 Å². The van der Waals surface area contributed by atoms with Gasteiger partial charge in [-0.3, -0.25) is 4.79 Å². The van der Waals surface area contributed by atoms with Gasteiger partial charge < -0.3 is 24.9 Å². The molecule has 2 atom stereocenters. The Morgan fingerprint density at radius 1 is 1.03 bits per heavy atom. The number of amides is 2. The molecule has 9 nitrogen and oxygen atoms in total. The average molecular weight is 461 g/mol. The first-order valence-corrected chi connectivity index (χ1v) is 11.0. The van der Waals surface area contributed by atoms with Gasteiger partial charge in [-0.1, -0.05) is 48.5 Å². The normalized spacial score (nSPS) is 18.0. The van der Waals surface area contributed by atoms with Gasteiger partial charge in [-0.2, -0.15) is 0 Å². The van der Waals surface area contributed by atoms with Crippen molar-refractivity contribution in [3.63, 3.8) is 0 Å². The molecule has 3 aromatic rings. The lowest BCUT2D eigenvalue weighted by Gasteiger charge is -2.14. The second kappa shape index (κ2) is 9.01. The first-order chi connectivity index (χ1) is 16.5. The molecule has 0 aliphatic heterocycles. The molecule has 9 heteroatoms. The van der Waals surface area contributed by atoms with Crippen molar-refractivity contribution in [1.29, 1.82) is 0 Å². The van der Waals surface area contributed by atoms with Gasteiger partial charge in [0.1, 0.15) is 6.61 Å². The smallest absolute Gasteiger partial charge is 0.407 e. The molecular weight excluding hydrogens is 438 g/mol. The molecule has 34 heavy (non-hydrogen) atoms. The largest absolute Gasteiger partial charge is 0.476 e. The Balaban J connectivity index is 1.08. The zero-order valence-electron chi connectivity index (χ0n) is 18.2. The topological polar surface area (TPSA) is 131 Å². The van der Waals surface area contributed by atoms with Gasteiger partial charge in [-0.25, -0.2) is 14.6 Å². The summed E-state index contributed by atoms with van der Waals surface area (Å²) in [5.41, 5.74) is 4.41. The molecule has 0 bridgehead atoms. The molecule has 0 spiro atoms. The van der Waals surface area contributed by atoms with Crippen molar-refractivity contribution >= 4 is 18.0 Å². The van der Waals surface area contributed by atoms with Gasteiger partial charge in [0.15, 0.2) is 17.8 Å². The SMILES string of the molecule is O=C(NC[C@H]1C[C@H]1C(=O)NCc1ocnc1C(=O)O)OCC1c2ccccc2-c2ccccc21. The number of carboxylic acid groups (broad SMARTS) is 1. The first-order valence-electron chi connectivity index (χ1n) is 11.0. The van der Waals surface area contributed by atoms with Crippen molar-refractivity contribution in [3.05, 3.63) is 77.5 Å². The fourth-order valence-electron chi connectivity index (χ4n) is 4.53. The Labute approximate surface area is 195 Å². The molecule has 0 radical (unpaired) electrons. The number of hydrogen-bond acceptors (Lipinski definition) is 6. The number of hydrogen-bond donors (Lipinski definition) is 3. The fraction of sp³-hybridized carbons (Fsp3) is 0.280. The highest BCUT2D eigenvalue weighted by molar-refractivity contribution is 5.87. The molecule has 2 aliphatic rings. The van der Waals surface area contributed by atoms with E-state index in [1.165, 1.54) is 11.1 Å². The van der Waals surface area contributed by atoms with E-state index in [0.29, 0.717) is 13.0 Å². The summed E-state index contributed by atoms with van der Waals surface area (Å²) in [6.45, 7) is 0.512. The Kier molecular flexibility index (Phi) is 5.75. The van der Waals surface area contributed by atoms with Crippen LogP contribution in [-0.2, 0) is 16.1 Å². The molecule has 1 fully saturated rings. The van der Waals surface area contributed by atoms with Gasteiger partial charge in [0.25, 0.3) is 0 Å². The minimum absolute atomic E-state index is 0.00847. The van der Waals surface area contributed by atoms with E-state index in [0.717, 1.165) is 17.5 Å². The molecule has 0 unspecified atom stereocenters. The summed E-state index contributed by atoms with van der Waals surface area (Å²) < 4.78 is 10.5. The number of carboxylic acids is 1. The van der Waals surface area contributed by atoms with E-state index >= 15 is 0 Å². The predicted octanol–water partition coefficient (Wildman–Crippen LogP) is 3.16. The number of carbonyl (C=O) groups is 3. The number of rotatable bonds is 8. The monoisotopic (exact) mass is 461 g/mol. The number of aromatic carboxylic acids is 1. The molecule has 2 amide bonds. The molecule has 1 aromatic heterocycles. The third-order valence-electron chi connectivity index (χ3n) is 6.38. The van der Waals surface area contributed by atoms with Crippen molar-refractivity contribution in [2.75, 3.05) is 13.2 Å². The number of ether oxygens (including phenoxy) is 1. The van der Waals surface area contributed by atoms with Crippen molar-refractivity contribution in [1.82, 2.24) is 15.6 Å². The van der Waals surface area contributed by atoms with Crippen molar-refractivity contribution in [3.8, 4) is 11.1 Å². The Bertz CT molecular complexity index is 1210. The van der Waals surface area contributed by atoms with E-state index in [9.17, 15) is 14.4 Å². The number of fused-ring (bicyclic) bond motifs is 3. The van der Waals surface area contributed by atoms with Crippen LogP contribution in [0.15, 0.2) is 59.3 Å². The average Bonchev–Trinajstić information content (AvgIpc) is 3.34. The van der Waals surface area contributed by atoms with Crippen LogP contribution in [0, 0.1) is 11.8 Å². The van der Waals surface area contributed by atoms with Crippen LogP contribution in [0.5, 0.6) is 0 Å². The summed E-state index contributed by atoms with van der Waals surface area (Å²) in [5, 5.41) is 14.4. The summed E-state index contributed by atoms with van der Waals surface area (Å²) >= 11 is 0. The van der Waals surface area contributed by atoms with Crippen LogP contribution in [0.25, 0.3) is 11.1 Å². The summed E-state index contributed by atoms with van der Waals surface area (Å²) in [4.78, 5) is 39.3. The van der Waals surface area contributed by atoms with Crippen molar-refractivity contribution in [2.24, 2.45) is 11.8 Å². The van der Waals surface area contributed by atoms with Crippen LogP contribution in [-0.4, -0.2) is 41.2 Å². The van der Waals surface area contributed by atoms with Gasteiger partial charge >= 0.3 is 12.1 Å². The van der Waals surface area contributed by atoms with E-state index in [1.54, 1.807) is 0 Å². The maximum Gasteiger partial charge on any atom is 0.407 e. The molecule has 5 rings (SSSR count). The summed E-state index contributed by atoms with van der Waals surface area (Å²) in [6.07, 6.45) is 1.15. The predicted molar refractivity (Wildman–Crippen MR) is 120 cm³/mol. The molecule has 174 valence electrons. The Hall–Kier alpha value is -4.14. The van der Waals surface area contributed by atoms with E-state index in [1.807, 2.05) is 24.3 Å². The third kappa shape index (κ3) is 4.24. The lowest BCUT2D eigenvalue weighted by Crippen LogP contribution is -2.30. The molecule has 2 aromatic carbocycles. The van der Waals surface area contributed by atoms with Crippen LogP contribution in [0.2, 0.25) is 0 Å². The maximum atomic E-state index is 12.3. The molecule has 1 heterocycles. The molecule has 1 saturated carbocycles. The van der Waals surface area contributed by atoms with E-state index in [2.05, 4.69) is 39.9 Å². The molecular formula is C25H23N3O6. The minimum Gasteiger partial charge on any atom is -0.476 e. The van der Waals surface area contributed by atoms with Gasteiger partial charge in [0.05, 0.1) is 6.54 Å². The number of carbonyl (C=O) groups excluding carboxylic acids is 2. The quantitative estimate of drug-likeness (QED) is 0.470. The van der Waals surface area contributed by atoms with Gasteiger partial charge in [-0.15, -0.1) is 0 Å². The highest BCUT2D eigenvalue weighted by Crippen LogP contribution is 2.44. The molecule has 0 saturated heterocycles. The number of benzene rings is 2. The number of oxazole rings is 1. The maximum absolute atomic E-state index is 12.3. The van der Waals surface area contributed by atoms with E-state index < -0.39 is 12.1 Å². The number of nitrogens with one attached hydrogen (secondary N) is 2. The highest BCUT2D eigenvalue weighted by atomic mass is 16.5. The second-order valence-electron chi connectivity index (χ2n) is 8.46. The number of nitrogens with zero attached hydrogens (tertiary/aromatic N) is 1. The third-order valence-corrected chi connectivity index (χ3v) is 6.38.